The Labute approximate surface area is 237 Å². The number of hydrogen-bond acceptors (Lipinski definition) is 4. The van der Waals surface area contributed by atoms with E-state index in [-0.39, 0.29) is 0 Å². The first kappa shape index (κ1) is 27.1. The second-order valence-corrected chi connectivity index (χ2v) is 12.1. The van der Waals surface area contributed by atoms with Gasteiger partial charge in [0.25, 0.3) is 5.82 Å². The van der Waals surface area contributed by atoms with Crippen molar-refractivity contribution in [3.05, 3.63) is 89.5 Å². The summed E-state index contributed by atoms with van der Waals surface area (Å²) in [6, 6.07) is 28.1. The number of methoxy groups -OCH3 is 1. The number of pyridine rings is 1. The summed E-state index contributed by atoms with van der Waals surface area (Å²) in [7, 11) is 10.7. The highest BCUT2D eigenvalue weighted by Crippen LogP contribution is 2.46. The van der Waals surface area contributed by atoms with Crippen molar-refractivity contribution in [1.82, 2.24) is 0 Å². The van der Waals surface area contributed by atoms with E-state index >= 15 is 0 Å². The van der Waals surface area contributed by atoms with E-state index in [1.165, 1.54) is 32.4 Å². The molecule has 5 nitrogen and oxygen atoms in total. The zero-order valence-corrected chi connectivity index (χ0v) is 24.8. The maximum atomic E-state index is 5.72. The number of anilines is 2. The van der Waals surface area contributed by atoms with Gasteiger partial charge in [-0.3, -0.25) is 4.90 Å². The van der Waals surface area contributed by atoms with Crippen molar-refractivity contribution in [3.63, 3.8) is 0 Å². The van der Waals surface area contributed by atoms with Gasteiger partial charge in [0.2, 0.25) is 0 Å². The van der Waals surface area contributed by atoms with E-state index in [2.05, 4.69) is 134 Å². The van der Waals surface area contributed by atoms with Gasteiger partial charge in [0.15, 0.2) is 0 Å². The van der Waals surface area contributed by atoms with Gasteiger partial charge in [-0.2, -0.15) is 4.57 Å². The normalized spacial score (nSPS) is 14.2. The van der Waals surface area contributed by atoms with Crippen LogP contribution >= 0.6 is 11.8 Å². The van der Waals surface area contributed by atoms with Gasteiger partial charge in [0.1, 0.15) is 17.0 Å². The van der Waals surface area contributed by atoms with E-state index in [1.54, 1.807) is 7.11 Å². The number of benzene rings is 3. The van der Waals surface area contributed by atoms with Crippen LogP contribution in [0.2, 0.25) is 0 Å². The van der Waals surface area contributed by atoms with Crippen molar-refractivity contribution >= 4 is 40.2 Å². The van der Waals surface area contributed by atoms with Crippen molar-refractivity contribution < 1.29 is 13.8 Å². The highest BCUT2D eigenvalue weighted by molar-refractivity contribution is 8.03. The van der Waals surface area contributed by atoms with Crippen LogP contribution in [0.5, 0.6) is 5.75 Å². The van der Waals surface area contributed by atoms with Gasteiger partial charge in [-0.1, -0.05) is 42.1 Å². The lowest BCUT2D eigenvalue weighted by atomic mass is 10.1. The minimum absolute atomic E-state index is 0.857. The van der Waals surface area contributed by atoms with Gasteiger partial charge < -0.3 is 14.1 Å². The Bertz CT molecular complexity index is 1490. The smallest absolute Gasteiger partial charge is 0.282 e. The molecule has 5 rings (SSSR count). The van der Waals surface area contributed by atoms with Crippen LogP contribution in [0.3, 0.4) is 0 Å². The van der Waals surface area contributed by atoms with Crippen molar-refractivity contribution in [3.8, 4) is 11.4 Å². The molecule has 0 saturated heterocycles. The average Bonchev–Trinajstić information content (AvgIpc) is 3.25. The summed E-state index contributed by atoms with van der Waals surface area (Å²) in [6.07, 6.45) is 3.46. The maximum Gasteiger partial charge on any atom is 0.282 e. The molecule has 39 heavy (non-hydrogen) atoms. The zero-order valence-electron chi connectivity index (χ0n) is 24.0. The van der Waals surface area contributed by atoms with E-state index in [4.69, 9.17) is 4.74 Å². The molecule has 0 unspecified atom stereocenters. The average molecular weight is 541 g/mol. The van der Waals surface area contributed by atoms with Crippen molar-refractivity contribution in [2.24, 2.45) is 0 Å². The molecule has 3 aromatic carbocycles. The molecule has 0 spiro atoms. The molecule has 0 saturated carbocycles. The molecule has 0 atom stereocenters. The first-order valence-corrected chi connectivity index (χ1v) is 14.5. The quantitative estimate of drug-likeness (QED) is 0.176. The summed E-state index contributed by atoms with van der Waals surface area (Å²) in [5.41, 5.74) is 4.75. The second-order valence-electron chi connectivity index (χ2n) is 11.1. The predicted molar refractivity (Wildman–Crippen MR) is 166 cm³/mol. The van der Waals surface area contributed by atoms with Crippen LogP contribution in [0.4, 0.5) is 11.5 Å². The van der Waals surface area contributed by atoms with Crippen LogP contribution in [-0.4, -0.2) is 59.4 Å². The van der Waals surface area contributed by atoms with E-state index < -0.39 is 0 Å². The molecule has 0 bridgehead atoms. The fourth-order valence-corrected chi connectivity index (χ4v) is 6.33. The third-order valence-electron chi connectivity index (χ3n) is 7.30. The highest BCUT2D eigenvalue weighted by atomic mass is 32.2. The fourth-order valence-electron chi connectivity index (χ4n) is 5.22. The number of quaternary nitrogens is 1. The monoisotopic (exact) mass is 540 g/mol. The van der Waals surface area contributed by atoms with Crippen LogP contribution in [-0.2, 0) is 0 Å². The first-order chi connectivity index (χ1) is 18.8. The summed E-state index contributed by atoms with van der Waals surface area (Å²) < 4.78 is 9.08. The largest absolute Gasteiger partial charge is 0.497 e. The molecule has 1 aliphatic heterocycles. The number of nitrogens with zero attached hydrogens (tertiary/aromatic N) is 4. The molecule has 0 radical (unpaired) electrons. The standard InChI is InChI=1S/C33H40N4OS/c1-7-35(20-13-21-37(3,4)5)32-22-25(23-33-34(2)29-16-11-12-17-31(29)39-33)28-19-18-27(38-6)24-30(28)36(32)26-14-9-8-10-15-26/h8-12,14-19,22-24H,7,13,20-21H2,1-6H3/q+2. The third kappa shape index (κ3) is 5.77. The Morgan fingerprint density at radius 3 is 2.41 bits per heavy atom. The van der Waals surface area contributed by atoms with Gasteiger partial charge in [-0.25, -0.2) is 0 Å². The molecule has 0 aliphatic carbocycles. The van der Waals surface area contributed by atoms with Crippen LogP contribution in [0.1, 0.15) is 18.9 Å². The lowest BCUT2D eigenvalue weighted by Gasteiger charge is -2.25. The van der Waals surface area contributed by atoms with Crippen molar-refractivity contribution in [1.29, 1.82) is 0 Å². The molecule has 6 heteroatoms. The van der Waals surface area contributed by atoms with E-state index in [1.807, 2.05) is 11.8 Å². The van der Waals surface area contributed by atoms with E-state index in [0.717, 1.165) is 47.5 Å². The molecule has 2 heterocycles. The first-order valence-electron chi connectivity index (χ1n) is 13.7. The minimum Gasteiger partial charge on any atom is -0.497 e. The summed E-state index contributed by atoms with van der Waals surface area (Å²) in [6.45, 7) is 5.30. The molecule has 0 fully saturated rings. The highest BCUT2D eigenvalue weighted by Gasteiger charge is 2.27. The molecule has 4 aromatic rings. The van der Waals surface area contributed by atoms with Gasteiger partial charge in [-0.15, -0.1) is 0 Å². The molecule has 1 aromatic heterocycles. The maximum absolute atomic E-state index is 5.72. The summed E-state index contributed by atoms with van der Waals surface area (Å²) in [5.74, 6) is 2.05. The number of rotatable bonds is 9. The Balaban J connectivity index is 1.71. The predicted octanol–water partition coefficient (Wildman–Crippen LogP) is 6.59. The van der Waals surface area contributed by atoms with Gasteiger partial charge in [-0.05, 0) is 55.0 Å². The van der Waals surface area contributed by atoms with Gasteiger partial charge >= 0.3 is 0 Å². The zero-order chi connectivity index (χ0) is 27.6. The lowest BCUT2D eigenvalue weighted by molar-refractivity contribution is -0.870. The Hall–Kier alpha value is -3.48. The SMILES string of the molecule is CCN(CCC[N+](C)(C)C)c1cc(C=C2Sc3ccccc3N2C)c2ccc(OC)cc2[n+]1-c1ccccc1. The number of thioether (sulfide) groups is 1. The van der Waals surface area contributed by atoms with Crippen molar-refractivity contribution in [2.45, 2.75) is 18.2 Å². The fraction of sp³-hybridized carbons (Fsp3) is 0.303. The number of hydrogen-bond donors (Lipinski definition) is 0. The Morgan fingerprint density at radius 1 is 0.974 bits per heavy atom. The van der Waals surface area contributed by atoms with Crippen LogP contribution < -0.4 is 19.1 Å². The number of fused-ring (bicyclic) bond motifs is 2. The van der Waals surface area contributed by atoms with Crippen LogP contribution in [0.25, 0.3) is 22.7 Å². The van der Waals surface area contributed by atoms with Gasteiger partial charge in [0.05, 0.1) is 58.6 Å². The van der Waals surface area contributed by atoms with E-state index in [9.17, 15) is 0 Å². The molecule has 202 valence electrons. The lowest BCUT2D eigenvalue weighted by Crippen LogP contribution is -2.43. The van der Waals surface area contributed by atoms with E-state index in [0.29, 0.717) is 0 Å². The Morgan fingerprint density at radius 2 is 1.72 bits per heavy atom. The molecule has 1 aliphatic rings. The number of para-hydroxylation sites is 2. The Kier molecular flexibility index (Phi) is 7.87. The summed E-state index contributed by atoms with van der Waals surface area (Å²) >= 11 is 1.83. The molecule has 0 amide bonds. The minimum atomic E-state index is 0.857. The van der Waals surface area contributed by atoms with Crippen LogP contribution in [0, 0.1) is 0 Å². The molecule has 0 N–H and O–H groups in total. The summed E-state index contributed by atoms with van der Waals surface area (Å²) in [4.78, 5) is 6.11. The molecular weight excluding hydrogens is 500 g/mol. The topological polar surface area (TPSA) is 19.6 Å². The van der Waals surface area contributed by atoms with Crippen LogP contribution in [0.15, 0.2) is 88.8 Å². The van der Waals surface area contributed by atoms with Crippen molar-refractivity contribution in [2.75, 3.05) is 64.7 Å². The molecular formula is C33H40N4OS+2. The second kappa shape index (κ2) is 11.3. The van der Waals surface area contributed by atoms with Gasteiger partial charge in [0, 0.05) is 35.9 Å². The summed E-state index contributed by atoms with van der Waals surface area (Å²) in [5, 5.41) is 2.42. The third-order valence-corrected chi connectivity index (χ3v) is 8.46. The number of ether oxygens (including phenoxy) is 1. The number of aromatic nitrogens is 1.